The van der Waals surface area contributed by atoms with Crippen molar-refractivity contribution in [2.45, 2.75) is 13.0 Å². The number of carbonyl (C=O) groups is 1. The zero-order chi connectivity index (χ0) is 18.6. The molecule has 136 valence electrons. The predicted molar refractivity (Wildman–Crippen MR) is 105 cm³/mol. The summed E-state index contributed by atoms with van der Waals surface area (Å²) in [5.41, 5.74) is 3.57. The largest absolute Gasteiger partial charge is 0.454 e. The van der Waals surface area contributed by atoms with E-state index in [0.29, 0.717) is 11.5 Å². The van der Waals surface area contributed by atoms with E-state index in [1.807, 2.05) is 79.7 Å². The summed E-state index contributed by atoms with van der Waals surface area (Å²) in [7, 11) is 0. The molecule has 5 heteroatoms. The van der Waals surface area contributed by atoms with Gasteiger partial charge in [0.1, 0.15) is 6.04 Å². The highest BCUT2D eigenvalue weighted by molar-refractivity contribution is 5.97. The van der Waals surface area contributed by atoms with Crippen LogP contribution in [-0.4, -0.2) is 12.7 Å². The lowest BCUT2D eigenvalue weighted by Crippen LogP contribution is -2.27. The van der Waals surface area contributed by atoms with Crippen LogP contribution in [0.1, 0.15) is 17.2 Å². The highest BCUT2D eigenvalue weighted by Gasteiger charge is 2.22. The summed E-state index contributed by atoms with van der Waals surface area (Å²) in [6, 6.07) is 22.4. The number of amides is 1. The number of hydrogen-bond acceptors (Lipinski definition) is 4. The second-order valence-electron chi connectivity index (χ2n) is 6.41. The molecule has 3 aromatic carbocycles. The van der Waals surface area contributed by atoms with Gasteiger partial charge in [-0.05, 0) is 36.8 Å². The Hall–Kier alpha value is -3.47. The van der Waals surface area contributed by atoms with Crippen molar-refractivity contribution < 1.29 is 14.3 Å². The van der Waals surface area contributed by atoms with E-state index in [-0.39, 0.29) is 12.7 Å². The van der Waals surface area contributed by atoms with E-state index >= 15 is 0 Å². The zero-order valence-corrected chi connectivity index (χ0v) is 14.9. The Balaban J connectivity index is 1.59. The average Bonchev–Trinajstić information content (AvgIpc) is 3.16. The number of aryl methyl sites for hydroxylation is 1. The standard InChI is InChI=1S/C22H20N2O3/c1-15-7-9-17(10-8-15)24-22(25)21(16-5-3-2-4-6-16)23-18-11-12-19-20(13-18)27-14-26-19/h2-13,21,23H,14H2,1H3,(H,24,25)/t21-/m0/s1. The third-order valence-corrected chi connectivity index (χ3v) is 4.40. The molecule has 0 spiro atoms. The van der Waals surface area contributed by atoms with Crippen molar-refractivity contribution in [2.75, 3.05) is 17.4 Å². The summed E-state index contributed by atoms with van der Waals surface area (Å²) < 4.78 is 10.8. The first kappa shape index (κ1) is 17.0. The molecule has 0 radical (unpaired) electrons. The molecule has 0 unspecified atom stereocenters. The maximum absolute atomic E-state index is 13.0. The molecule has 0 aromatic heterocycles. The lowest BCUT2D eigenvalue weighted by molar-refractivity contribution is -0.117. The minimum absolute atomic E-state index is 0.136. The van der Waals surface area contributed by atoms with Gasteiger partial charge in [0.15, 0.2) is 11.5 Å². The van der Waals surface area contributed by atoms with Gasteiger partial charge < -0.3 is 20.1 Å². The fourth-order valence-corrected chi connectivity index (χ4v) is 2.95. The van der Waals surface area contributed by atoms with Gasteiger partial charge in [-0.3, -0.25) is 4.79 Å². The molecule has 1 aliphatic rings. The molecule has 4 rings (SSSR count). The van der Waals surface area contributed by atoms with Crippen molar-refractivity contribution in [3.63, 3.8) is 0 Å². The third kappa shape index (κ3) is 3.87. The molecule has 1 heterocycles. The van der Waals surface area contributed by atoms with Gasteiger partial charge in [0.05, 0.1) is 0 Å². The fraction of sp³-hybridized carbons (Fsp3) is 0.136. The van der Waals surface area contributed by atoms with Gasteiger partial charge in [-0.25, -0.2) is 0 Å². The van der Waals surface area contributed by atoms with Crippen molar-refractivity contribution in [3.8, 4) is 11.5 Å². The van der Waals surface area contributed by atoms with E-state index in [1.54, 1.807) is 0 Å². The van der Waals surface area contributed by atoms with Crippen LogP contribution < -0.4 is 20.1 Å². The predicted octanol–water partition coefficient (Wildman–Crippen LogP) is 4.52. The van der Waals surface area contributed by atoms with Crippen LogP contribution in [-0.2, 0) is 4.79 Å². The molecule has 0 saturated carbocycles. The van der Waals surface area contributed by atoms with E-state index in [2.05, 4.69) is 10.6 Å². The van der Waals surface area contributed by atoms with Crippen LogP contribution in [0, 0.1) is 6.92 Å². The number of anilines is 2. The molecule has 2 N–H and O–H groups in total. The van der Waals surface area contributed by atoms with Crippen molar-refractivity contribution in [1.29, 1.82) is 0 Å². The molecule has 27 heavy (non-hydrogen) atoms. The molecule has 5 nitrogen and oxygen atoms in total. The Kier molecular flexibility index (Phi) is 4.66. The van der Waals surface area contributed by atoms with E-state index < -0.39 is 6.04 Å². The first-order chi connectivity index (χ1) is 13.2. The monoisotopic (exact) mass is 360 g/mol. The summed E-state index contributed by atoms with van der Waals surface area (Å²) in [5, 5.41) is 6.29. The molecule has 1 aliphatic heterocycles. The van der Waals surface area contributed by atoms with Gasteiger partial charge in [0.2, 0.25) is 6.79 Å². The maximum atomic E-state index is 13.0. The highest BCUT2D eigenvalue weighted by Crippen LogP contribution is 2.35. The van der Waals surface area contributed by atoms with E-state index in [0.717, 1.165) is 22.5 Å². The quantitative estimate of drug-likeness (QED) is 0.702. The van der Waals surface area contributed by atoms with Crippen LogP contribution in [0.15, 0.2) is 72.8 Å². The second kappa shape index (κ2) is 7.41. The van der Waals surface area contributed by atoms with Crippen molar-refractivity contribution >= 4 is 17.3 Å². The topological polar surface area (TPSA) is 59.6 Å². The lowest BCUT2D eigenvalue weighted by Gasteiger charge is -2.20. The molecular weight excluding hydrogens is 340 g/mol. The number of fused-ring (bicyclic) bond motifs is 1. The average molecular weight is 360 g/mol. The number of carbonyl (C=O) groups excluding carboxylic acids is 1. The Morgan fingerprint density at radius 2 is 1.59 bits per heavy atom. The third-order valence-electron chi connectivity index (χ3n) is 4.40. The normalized spacial score (nSPS) is 13.1. The van der Waals surface area contributed by atoms with Gasteiger partial charge in [-0.1, -0.05) is 48.0 Å². The number of ether oxygens (including phenoxy) is 2. The smallest absolute Gasteiger partial charge is 0.251 e. The van der Waals surface area contributed by atoms with Crippen LogP contribution in [0.3, 0.4) is 0 Å². The first-order valence-electron chi connectivity index (χ1n) is 8.78. The van der Waals surface area contributed by atoms with Crippen LogP contribution in [0.5, 0.6) is 11.5 Å². The maximum Gasteiger partial charge on any atom is 0.251 e. The fourth-order valence-electron chi connectivity index (χ4n) is 2.95. The van der Waals surface area contributed by atoms with Gasteiger partial charge >= 0.3 is 0 Å². The van der Waals surface area contributed by atoms with Gasteiger partial charge in [-0.15, -0.1) is 0 Å². The molecule has 0 saturated heterocycles. The van der Waals surface area contributed by atoms with Gasteiger partial charge in [0.25, 0.3) is 5.91 Å². The minimum Gasteiger partial charge on any atom is -0.454 e. The Morgan fingerprint density at radius 1 is 0.889 bits per heavy atom. The second-order valence-corrected chi connectivity index (χ2v) is 6.41. The van der Waals surface area contributed by atoms with Crippen LogP contribution >= 0.6 is 0 Å². The van der Waals surface area contributed by atoms with E-state index in [1.165, 1.54) is 0 Å². The highest BCUT2D eigenvalue weighted by atomic mass is 16.7. The summed E-state index contributed by atoms with van der Waals surface area (Å²) in [6.45, 7) is 2.23. The summed E-state index contributed by atoms with van der Waals surface area (Å²) >= 11 is 0. The number of hydrogen-bond donors (Lipinski definition) is 2. The number of nitrogens with one attached hydrogen (secondary N) is 2. The van der Waals surface area contributed by atoms with Crippen molar-refractivity contribution in [1.82, 2.24) is 0 Å². The van der Waals surface area contributed by atoms with Crippen LogP contribution in [0.25, 0.3) is 0 Å². The van der Waals surface area contributed by atoms with E-state index in [4.69, 9.17) is 9.47 Å². The first-order valence-corrected chi connectivity index (χ1v) is 8.78. The molecule has 0 bridgehead atoms. The summed E-state index contributed by atoms with van der Waals surface area (Å²) in [4.78, 5) is 13.0. The lowest BCUT2D eigenvalue weighted by atomic mass is 10.1. The zero-order valence-electron chi connectivity index (χ0n) is 14.9. The molecule has 3 aromatic rings. The number of rotatable bonds is 5. The Morgan fingerprint density at radius 3 is 2.37 bits per heavy atom. The molecular formula is C22H20N2O3. The molecule has 1 atom stereocenters. The Labute approximate surface area is 157 Å². The molecule has 0 fully saturated rings. The minimum atomic E-state index is -0.548. The van der Waals surface area contributed by atoms with Crippen LogP contribution in [0.4, 0.5) is 11.4 Å². The SMILES string of the molecule is Cc1ccc(NC(=O)[C@@H](Nc2ccc3c(c2)OCO3)c2ccccc2)cc1. The van der Waals surface area contributed by atoms with Gasteiger partial charge in [-0.2, -0.15) is 0 Å². The van der Waals surface area contributed by atoms with E-state index in [9.17, 15) is 4.79 Å². The Bertz CT molecular complexity index is 940. The number of benzene rings is 3. The van der Waals surface area contributed by atoms with Crippen LogP contribution in [0.2, 0.25) is 0 Å². The van der Waals surface area contributed by atoms with Crippen molar-refractivity contribution in [3.05, 3.63) is 83.9 Å². The molecule has 1 amide bonds. The van der Waals surface area contributed by atoms with Crippen molar-refractivity contribution in [2.24, 2.45) is 0 Å². The van der Waals surface area contributed by atoms with Gasteiger partial charge in [0, 0.05) is 17.4 Å². The molecule has 0 aliphatic carbocycles. The summed E-state index contributed by atoms with van der Waals surface area (Å²) in [6.07, 6.45) is 0. The summed E-state index contributed by atoms with van der Waals surface area (Å²) in [5.74, 6) is 1.24.